The van der Waals surface area contributed by atoms with E-state index in [1.807, 2.05) is 31.2 Å². The van der Waals surface area contributed by atoms with Gasteiger partial charge in [-0.15, -0.1) is 0 Å². The van der Waals surface area contributed by atoms with Gasteiger partial charge in [-0.1, -0.05) is 17.7 Å². The molecule has 0 aliphatic carbocycles. The van der Waals surface area contributed by atoms with Gasteiger partial charge in [-0.2, -0.15) is 0 Å². The smallest absolute Gasteiger partial charge is 0.254 e. The summed E-state index contributed by atoms with van der Waals surface area (Å²) in [5, 5.41) is 3.68. The van der Waals surface area contributed by atoms with Crippen molar-refractivity contribution in [2.24, 2.45) is 0 Å². The second-order valence-electron chi connectivity index (χ2n) is 6.39. The molecule has 4 bridgehead atoms. The summed E-state index contributed by atoms with van der Waals surface area (Å²) in [4.78, 5) is 15.0. The average Bonchev–Trinajstić information content (AvgIpc) is 2.37. The van der Waals surface area contributed by atoms with E-state index in [0.717, 1.165) is 36.8 Å². The van der Waals surface area contributed by atoms with Crippen LogP contribution in [0, 0.1) is 6.92 Å². The minimum absolute atomic E-state index is 0.248. The van der Waals surface area contributed by atoms with Crippen molar-refractivity contribution in [2.75, 3.05) is 0 Å². The number of nitrogens with one attached hydrogen (secondary N) is 1. The van der Waals surface area contributed by atoms with Crippen LogP contribution >= 0.6 is 0 Å². The predicted molar refractivity (Wildman–Crippen MR) is 74.1 cm³/mol. The molecule has 0 aromatic heterocycles. The highest BCUT2D eigenvalue weighted by Crippen LogP contribution is 2.39. The Hall–Kier alpha value is -1.35. The largest absolute Gasteiger partial charge is 0.332 e. The molecule has 4 heterocycles. The summed E-state index contributed by atoms with van der Waals surface area (Å²) >= 11 is 0. The fraction of sp³-hybridized carbons (Fsp3) is 0.562. The lowest BCUT2D eigenvalue weighted by Crippen LogP contribution is -2.68. The van der Waals surface area contributed by atoms with Crippen molar-refractivity contribution in [2.45, 2.75) is 56.8 Å². The van der Waals surface area contributed by atoms with E-state index in [2.05, 4.69) is 10.2 Å². The van der Waals surface area contributed by atoms with Gasteiger partial charge in [0, 0.05) is 29.7 Å². The van der Waals surface area contributed by atoms with E-state index in [1.165, 1.54) is 0 Å². The second-order valence-corrected chi connectivity index (χ2v) is 6.39. The Bertz CT molecular complexity index is 497. The van der Waals surface area contributed by atoms with Gasteiger partial charge in [0.15, 0.2) is 0 Å². The first-order valence-corrected chi connectivity index (χ1v) is 7.36. The molecule has 4 saturated heterocycles. The van der Waals surface area contributed by atoms with Crippen LogP contribution in [0.3, 0.4) is 0 Å². The third kappa shape index (κ3) is 1.79. The van der Waals surface area contributed by atoms with Crippen molar-refractivity contribution in [1.29, 1.82) is 0 Å². The van der Waals surface area contributed by atoms with Crippen LogP contribution in [0.15, 0.2) is 24.3 Å². The second kappa shape index (κ2) is 4.07. The van der Waals surface area contributed by atoms with Gasteiger partial charge in [0.1, 0.15) is 0 Å². The minimum Gasteiger partial charge on any atom is -0.332 e. The molecule has 1 N–H and O–H groups in total. The zero-order chi connectivity index (χ0) is 13.0. The van der Waals surface area contributed by atoms with E-state index in [0.29, 0.717) is 24.2 Å². The average molecular weight is 256 g/mol. The summed E-state index contributed by atoms with van der Waals surface area (Å²) in [5.74, 6) is 0.248. The number of nitrogens with zero attached hydrogens (tertiary/aromatic N) is 1. The van der Waals surface area contributed by atoms with Gasteiger partial charge in [0.25, 0.3) is 5.91 Å². The lowest BCUT2D eigenvalue weighted by molar-refractivity contribution is -0.0172. The van der Waals surface area contributed by atoms with E-state index in [1.54, 1.807) is 0 Å². The van der Waals surface area contributed by atoms with Crippen molar-refractivity contribution in [1.82, 2.24) is 10.2 Å². The maximum absolute atomic E-state index is 12.8. The lowest BCUT2D eigenvalue weighted by Gasteiger charge is -2.56. The number of carbonyl (C=O) groups is 1. The third-order valence-corrected chi connectivity index (χ3v) is 4.98. The Kier molecular flexibility index (Phi) is 2.46. The van der Waals surface area contributed by atoms with Gasteiger partial charge >= 0.3 is 0 Å². The molecule has 0 spiro atoms. The van der Waals surface area contributed by atoms with Crippen LogP contribution in [0.25, 0.3) is 0 Å². The van der Waals surface area contributed by atoms with Crippen molar-refractivity contribution in [3.63, 3.8) is 0 Å². The molecular formula is C16H20N2O. The molecule has 3 heteroatoms. The Morgan fingerprint density at radius 3 is 2.37 bits per heavy atom. The SMILES string of the molecule is Cc1cccc(C(=O)N2C3CC4CC2CC(C3)N4)c1. The normalized spacial score (nSPS) is 35.7. The first kappa shape index (κ1) is 11.5. The van der Waals surface area contributed by atoms with Gasteiger partial charge in [-0.05, 0) is 44.7 Å². The number of amides is 1. The lowest BCUT2D eigenvalue weighted by atomic mass is 9.74. The summed E-state index contributed by atoms with van der Waals surface area (Å²) in [6.45, 7) is 2.05. The summed E-state index contributed by atoms with van der Waals surface area (Å²) in [6, 6.07) is 10.3. The maximum atomic E-state index is 12.8. The Labute approximate surface area is 114 Å². The van der Waals surface area contributed by atoms with Gasteiger partial charge in [0.2, 0.25) is 0 Å². The molecule has 4 aliphatic rings. The molecule has 3 nitrogen and oxygen atoms in total. The number of carbonyl (C=O) groups excluding carboxylic acids is 1. The summed E-state index contributed by atoms with van der Waals surface area (Å²) in [5.41, 5.74) is 2.03. The van der Waals surface area contributed by atoms with Crippen LogP contribution in [0.1, 0.15) is 41.6 Å². The molecule has 100 valence electrons. The van der Waals surface area contributed by atoms with Crippen LogP contribution in [-0.2, 0) is 0 Å². The number of hydrogen-bond donors (Lipinski definition) is 1. The number of rotatable bonds is 1. The van der Waals surface area contributed by atoms with Crippen LogP contribution in [0.4, 0.5) is 0 Å². The molecule has 0 radical (unpaired) electrons. The quantitative estimate of drug-likeness (QED) is 0.834. The highest BCUT2D eigenvalue weighted by molar-refractivity contribution is 5.95. The molecular weight excluding hydrogens is 236 g/mol. The Balaban J connectivity index is 1.64. The van der Waals surface area contributed by atoms with Gasteiger partial charge in [-0.3, -0.25) is 4.79 Å². The zero-order valence-electron chi connectivity index (χ0n) is 11.3. The number of benzene rings is 1. The highest BCUT2D eigenvalue weighted by Gasteiger charge is 2.48. The standard InChI is InChI=1S/C16H20N2O/c1-10-3-2-4-11(5-10)16(19)18-14-6-12-7-15(18)9-13(8-14)17-12/h2-5,12-15,17H,6-9H2,1H3. The topological polar surface area (TPSA) is 32.3 Å². The molecule has 1 amide bonds. The van der Waals surface area contributed by atoms with Crippen molar-refractivity contribution in [3.05, 3.63) is 35.4 Å². The van der Waals surface area contributed by atoms with Crippen LogP contribution in [0.2, 0.25) is 0 Å². The molecule has 19 heavy (non-hydrogen) atoms. The molecule has 1 aromatic rings. The third-order valence-electron chi connectivity index (χ3n) is 4.98. The van der Waals surface area contributed by atoms with Crippen LogP contribution < -0.4 is 5.32 Å². The molecule has 4 fully saturated rings. The Morgan fingerprint density at radius 1 is 1.16 bits per heavy atom. The molecule has 0 atom stereocenters. The molecule has 0 saturated carbocycles. The molecule has 0 unspecified atom stereocenters. The highest BCUT2D eigenvalue weighted by atomic mass is 16.2. The van der Waals surface area contributed by atoms with E-state index >= 15 is 0 Å². The monoisotopic (exact) mass is 256 g/mol. The minimum atomic E-state index is 0.248. The van der Waals surface area contributed by atoms with Gasteiger partial charge in [0.05, 0.1) is 0 Å². The molecule has 5 rings (SSSR count). The Morgan fingerprint density at radius 2 is 1.79 bits per heavy atom. The summed E-state index contributed by atoms with van der Waals surface area (Å²) < 4.78 is 0. The van der Waals surface area contributed by atoms with Gasteiger partial charge in [-0.25, -0.2) is 0 Å². The van der Waals surface area contributed by atoms with Crippen molar-refractivity contribution in [3.8, 4) is 0 Å². The zero-order valence-corrected chi connectivity index (χ0v) is 11.3. The van der Waals surface area contributed by atoms with Crippen LogP contribution in [0.5, 0.6) is 0 Å². The van der Waals surface area contributed by atoms with Crippen LogP contribution in [-0.4, -0.2) is 35.0 Å². The fourth-order valence-electron chi connectivity index (χ4n) is 4.32. The summed E-state index contributed by atoms with van der Waals surface area (Å²) in [7, 11) is 0. The summed E-state index contributed by atoms with van der Waals surface area (Å²) in [6.07, 6.45) is 4.57. The van der Waals surface area contributed by atoms with E-state index < -0.39 is 0 Å². The molecule has 4 aliphatic heterocycles. The first-order chi connectivity index (χ1) is 9.20. The van der Waals surface area contributed by atoms with Crippen molar-refractivity contribution >= 4 is 5.91 Å². The fourth-order valence-corrected chi connectivity index (χ4v) is 4.32. The molecule has 1 aromatic carbocycles. The predicted octanol–water partition coefficient (Wildman–Crippen LogP) is 2.10. The van der Waals surface area contributed by atoms with E-state index in [4.69, 9.17) is 0 Å². The number of piperidine rings is 4. The number of aryl methyl sites for hydroxylation is 1. The first-order valence-electron chi connectivity index (χ1n) is 7.36. The van der Waals surface area contributed by atoms with Crippen molar-refractivity contribution < 1.29 is 4.79 Å². The maximum Gasteiger partial charge on any atom is 0.254 e. The van der Waals surface area contributed by atoms with E-state index in [9.17, 15) is 4.79 Å². The van der Waals surface area contributed by atoms with Gasteiger partial charge < -0.3 is 10.2 Å². The number of hydrogen-bond acceptors (Lipinski definition) is 2. The van der Waals surface area contributed by atoms with E-state index in [-0.39, 0.29) is 5.91 Å².